The summed E-state index contributed by atoms with van der Waals surface area (Å²) < 4.78 is 12.6. The molecule has 1 unspecified atom stereocenters. The predicted octanol–water partition coefficient (Wildman–Crippen LogP) is 2.38. The number of aromatic nitrogens is 2. The van der Waals surface area contributed by atoms with E-state index in [2.05, 4.69) is 10.4 Å². The maximum Gasteiger partial charge on any atom is 0.349 e. The number of ether oxygens (including phenoxy) is 1. The molecule has 3 aromatic rings. The molecule has 0 radical (unpaired) electrons. The van der Waals surface area contributed by atoms with Gasteiger partial charge in [0.2, 0.25) is 0 Å². The molecule has 134 valence electrons. The Morgan fingerprint density at radius 3 is 3.08 bits per heavy atom. The molecule has 1 N–H and O–H groups in total. The van der Waals surface area contributed by atoms with Crippen molar-refractivity contribution in [3.05, 3.63) is 69.5 Å². The minimum Gasteiger partial charge on any atom is -0.424 e. The van der Waals surface area contributed by atoms with Crippen LogP contribution in [0.1, 0.15) is 46.2 Å². The Bertz CT molecular complexity index is 1020. The average Bonchev–Trinajstić information content (AvgIpc) is 3.30. The van der Waals surface area contributed by atoms with E-state index in [4.69, 9.17) is 9.15 Å². The first-order chi connectivity index (χ1) is 12.6. The summed E-state index contributed by atoms with van der Waals surface area (Å²) in [7, 11) is 0. The lowest BCUT2D eigenvalue weighted by Crippen LogP contribution is -2.29. The first-order valence-corrected chi connectivity index (χ1v) is 8.59. The van der Waals surface area contributed by atoms with Crippen LogP contribution in [0.5, 0.6) is 0 Å². The van der Waals surface area contributed by atoms with Crippen molar-refractivity contribution in [1.82, 2.24) is 14.9 Å². The molecule has 7 nitrogen and oxygen atoms in total. The van der Waals surface area contributed by atoms with Crippen molar-refractivity contribution in [2.45, 2.75) is 32.4 Å². The van der Waals surface area contributed by atoms with Crippen molar-refractivity contribution in [3.63, 3.8) is 0 Å². The third-order valence-electron chi connectivity index (χ3n) is 4.61. The molecule has 0 bridgehead atoms. The van der Waals surface area contributed by atoms with E-state index in [0.29, 0.717) is 24.5 Å². The number of pyridine rings is 1. The minimum absolute atomic E-state index is 0.0345. The minimum atomic E-state index is -0.629. The fraction of sp³-hybridized carbons (Fsp3) is 0.316. The molecular weight excluding hydrogens is 334 g/mol. The van der Waals surface area contributed by atoms with E-state index in [-0.39, 0.29) is 11.7 Å². The second kappa shape index (κ2) is 6.76. The van der Waals surface area contributed by atoms with E-state index >= 15 is 0 Å². The van der Waals surface area contributed by atoms with E-state index in [9.17, 15) is 9.59 Å². The lowest BCUT2D eigenvalue weighted by Gasteiger charge is -2.11. The van der Waals surface area contributed by atoms with Crippen LogP contribution in [0.2, 0.25) is 0 Å². The van der Waals surface area contributed by atoms with E-state index in [1.54, 1.807) is 23.7 Å². The van der Waals surface area contributed by atoms with Gasteiger partial charge >= 0.3 is 5.63 Å². The van der Waals surface area contributed by atoms with Gasteiger partial charge in [-0.05, 0) is 49.1 Å². The van der Waals surface area contributed by atoms with Crippen LogP contribution in [0, 0.1) is 6.92 Å². The number of nitrogens with zero attached hydrogens (tertiary/aromatic N) is 2. The largest absolute Gasteiger partial charge is 0.424 e. The Morgan fingerprint density at radius 2 is 2.31 bits per heavy atom. The Hall–Kier alpha value is -2.93. The standard InChI is InChI=1S/C19H19N3O4/c1-12-10-16(15-5-3-9-25-15)26-19(24)17(12)18(23)20-11-13-4-2-8-22-14(13)6-7-21-22/h2,4,6-8,10,15H,3,5,9,11H2,1H3,(H,20,23). The number of carbonyl (C=O) groups excluding carboxylic acids is 1. The highest BCUT2D eigenvalue weighted by molar-refractivity contribution is 5.95. The molecular formula is C19H19N3O4. The van der Waals surface area contributed by atoms with Gasteiger partial charge in [-0.15, -0.1) is 0 Å². The molecule has 1 fully saturated rings. The molecule has 0 aliphatic carbocycles. The highest BCUT2D eigenvalue weighted by atomic mass is 16.5. The molecule has 3 aromatic heterocycles. The molecule has 1 aliphatic rings. The van der Waals surface area contributed by atoms with Crippen molar-refractivity contribution in [1.29, 1.82) is 0 Å². The van der Waals surface area contributed by atoms with Gasteiger partial charge in [-0.25, -0.2) is 9.31 Å². The Labute approximate surface area is 149 Å². The summed E-state index contributed by atoms with van der Waals surface area (Å²) in [4.78, 5) is 24.9. The van der Waals surface area contributed by atoms with Crippen LogP contribution in [-0.4, -0.2) is 22.1 Å². The average molecular weight is 353 g/mol. The first kappa shape index (κ1) is 16.5. The van der Waals surface area contributed by atoms with Crippen LogP contribution in [0.25, 0.3) is 5.52 Å². The van der Waals surface area contributed by atoms with E-state index in [1.807, 2.05) is 24.4 Å². The maximum atomic E-state index is 12.5. The number of hydrogen-bond donors (Lipinski definition) is 1. The summed E-state index contributed by atoms with van der Waals surface area (Å²) in [6, 6.07) is 7.37. The summed E-state index contributed by atoms with van der Waals surface area (Å²) in [6.07, 6.45) is 5.10. The molecule has 1 aliphatic heterocycles. The van der Waals surface area contributed by atoms with Gasteiger partial charge in [0.1, 0.15) is 17.4 Å². The first-order valence-electron chi connectivity index (χ1n) is 8.59. The van der Waals surface area contributed by atoms with Gasteiger partial charge in [0.15, 0.2) is 0 Å². The number of carbonyl (C=O) groups is 1. The zero-order valence-electron chi connectivity index (χ0n) is 14.4. The monoisotopic (exact) mass is 353 g/mol. The van der Waals surface area contributed by atoms with E-state index in [0.717, 1.165) is 23.9 Å². The topological polar surface area (TPSA) is 85.8 Å². The third kappa shape index (κ3) is 3.01. The summed E-state index contributed by atoms with van der Waals surface area (Å²) in [5, 5.41) is 6.96. The normalized spacial score (nSPS) is 16.9. The summed E-state index contributed by atoms with van der Waals surface area (Å²) in [6.45, 7) is 2.69. The van der Waals surface area contributed by atoms with Gasteiger partial charge in [-0.1, -0.05) is 6.07 Å². The molecule has 0 saturated carbocycles. The Balaban J connectivity index is 1.54. The fourth-order valence-corrected chi connectivity index (χ4v) is 3.29. The molecule has 7 heteroatoms. The fourth-order valence-electron chi connectivity index (χ4n) is 3.29. The second-order valence-corrected chi connectivity index (χ2v) is 6.37. The van der Waals surface area contributed by atoms with Gasteiger partial charge in [-0.3, -0.25) is 4.79 Å². The number of rotatable bonds is 4. The molecule has 1 atom stereocenters. The Kier molecular flexibility index (Phi) is 4.30. The molecule has 1 saturated heterocycles. The zero-order valence-corrected chi connectivity index (χ0v) is 14.4. The summed E-state index contributed by atoms with van der Waals surface area (Å²) >= 11 is 0. The number of aryl methyl sites for hydroxylation is 1. The zero-order chi connectivity index (χ0) is 18.1. The van der Waals surface area contributed by atoms with E-state index in [1.165, 1.54) is 0 Å². The summed E-state index contributed by atoms with van der Waals surface area (Å²) in [5.41, 5.74) is 1.82. The van der Waals surface area contributed by atoms with Crippen LogP contribution < -0.4 is 10.9 Å². The lowest BCUT2D eigenvalue weighted by molar-refractivity contribution is 0.0882. The van der Waals surface area contributed by atoms with Crippen molar-refractivity contribution >= 4 is 11.4 Å². The SMILES string of the molecule is Cc1cc(C2CCCO2)oc(=O)c1C(=O)NCc1cccn2nccc12. The van der Waals surface area contributed by atoms with Crippen molar-refractivity contribution in [2.24, 2.45) is 0 Å². The highest BCUT2D eigenvalue weighted by Crippen LogP contribution is 2.28. The van der Waals surface area contributed by atoms with Crippen molar-refractivity contribution < 1.29 is 13.9 Å². The van der Waals surface area contributed by atoms with Crippen molar-refractivity contribution in [2.75, 3.05) is 6.61 Å². The van der Waals surface area contributed by atoms with Crippen LogP contribution in [-0.2, 0) is 11.3 Å². The van der Waals surface area contributed by atoms with Crippen molar-refractivity contribution in [3.8, 4) is 0 Å². The summed E-state index contributed by atoms with van der Waals surface area (Å²) in [5.74, 6) is 0.0437. The number of hydrogen-bond acceptors (Lipinski definition) is 5. The van der Waals surface area contributed by atoms with Gasteiger partial charge in [0.05, 0.1) is 5.52 Å². The molecule has 26 heavy (non-hydrogen) atoms. The number of fused-ring (bicyclic) bond motifs is 1. The molecule has 1 amide bonds. The predicted molar refractivity (Wildman–Crippen MR) is 94.0 cm³/mol. The van der Waals surface area contributed by atoms with Crippen LogP contribution >= 0.6 is 0 Å². The highest BCUT2D eigenvalue weighted by Gasteiger charge is 2.24. The molecule has 0 aromatic carbocycles. The Morgan fingerprint density at radius 1 is 1.42 bits per heavy atom. The van der Waals surface area contributed by atoms with Gasteiger partial charge < -0.3 is 14.5 Å². The third-order valence-corrected chi connectivity index (χ3v) is 4.61. The van der Waals surface area contributed by atoms with Crippen LogP contribution in [0.4, 0.5) is 0 Å². The van der Waals surface area contributed by atoms with Gasteiger partial charge in [0.25, 0.3) is 5.91 Å². The van der Waals surface area contributed by atoms with Gasteiger partial charge in [-0.2, -0.15) is 5.10 Å². The lowest BCUT2D eigenvalue weighted by atomic mass is 10.1. The van der Waals surface area contributed by atoms with Crippen LogP contribution in [0.15, 0.2) is 45.9 Å². The van der Waals surface area contributed by atoms with E-state index < -0.39 is 11.5 Å². The number of amides is 1. The maximum absolute atomic E-state index is 12.5. The number of nitrogens with one attached hydrogen (secondary N) is 1. The quantitative estimate of drug-likeness (QED) is 0.778. The molecule has 4 heterocycles. The smallest absolute Gasteiger partial charge is 0.349 e. The van der Waals surface area contributed by atoms with Crippen LogP contribution in [0.3, 0.4) is 0 Å². The van der Waals surface area contributed by atoms with Gasteiger partial charge in [0, 0.05) is 25.5 Å². The molecule has 0 spiro atoms. The molecule has 4 rings (SSSR count). The second-order valence-electron chi connectivity index (χ2n) is 6.37.